The summed E-state index contributed by atoms with van der Waals surface area (Å²) in [5.74, 6) is 1.57. The summed E-state index contributed by atoms with van der Waals surface area (Å²) in [7, 11) is 0. The van der Waals surface area contributed by atoms with Crippen molar-refractivity contribution in [3.8, 4) is 5.69 Å². The van der Waals surface area contributed by atoms with Crippen molar-refractivity contribution in [1.29, 1.82) is 0 Å². The Morgan fingerprint density at radius 2 is 1.81 bits per heavy atom. The highest BCUT2D eigenvalue weighted by Crippen LogP contribution is 2.16. The molecule has 0 saturated carbocycles. The van der Waals surface area contributed by atoms with Crippen LogP contribution < -0.4 is 5.32 Å². The highest BCUT2D eigenvalue weighted by atomic mass is 15.4. The minimum Gasteiger partial charge on any atom is -0.366 e. The fourth-order valence-corrected chi connectivity index (χ4v) is 3.08. The SMILES string of the molecule is Cc1cc(C[C@@H](C)Nc2ccc3nnc(C)n3n2)n(-c2ccccc2)n1. The first-order valence-electron chi connectivity index (χ1n) is 8.67. The summed E-state index contributed by atoms with van der Waals surface area (Å²) in [5.41, 5.74) is 3.99. The predicted octanol–water partition coefficient (Wildman–Crippen LogP) is 2.97. The van der Waals surface area contributed by atoms with Crippen LogP contribution in [0.4, 0.5) is 5.82 Å². The normalized spacial score (nSPS) is 12.4. The van der Waals surface area contributed by atoms with Gasteiger partial charge in [-0.2, -0.15) is 9.61 Å². The van der Waals surface area contributed by atoms with Gasteiger partial charge in [0, 0.05) is 18.2 Å². The number of fused-ring (bicyclic) bond motifs is 1. The van der Waals surface area contributed by atoms with Crippen molar-refractivity contribution in [2.45, 2.75) is 33.2 Å². The van der Waals surface area contributed by atoms with Gasteiger partial charge >= 0.3 is 0 Å². The molecular weight excluding hydrogens is 326 g/mol. The van der Waals surface area contributed by atoms with Gasteiger partial charge in [0.25, 0.3) is 0 Å². The lowest BCUT2D eigenvalue weighted by molar-refractivity contribution is 0.712. The largest absolute Gasteiger partial charge is 0.366 e. The molecule has 4 aromatic rings. The maximum absolute atomic E-state index is 4.64. The molecule has 1 atom stereocenters. The second kappa shape index (κ2) is 6.59. The van der Waals surface area contributed by atoms with E-state index in [0.717, 1.165) is 40.8 Å². The van der Waals surface area contributed by atoms with Crippen molar-refractivity contribution >= 4 is 11.5 Å². The Labute approximate surface area is 151 Å². The van der Waals surface area contributed by atoms with Crippen LogP contribution in [0.3, 0.4) is 0 Å². The molecule has 0 aliphatic heterocycles. The summed E-state index contributed by atoms with van der Waals surface area (Å²) in [6.45, 7) is 6.05. The number of nitrogens with one attached hydrogen (secondary N) is 1. The van der Waals surface area contributed by atoms with Gasteiger partial charge in [0.15, 0.2) is 11.5 Å². The maximum Gasteiger partial charge on any atom is 0.178 e. The van der Waals surface area contributed by atoms with Crippen LogP contribution in [0.15, 0.2) is 48.5 Å². The Balaban J connectivity index is 1.54. The predicted molar refractivity (Wildman–Crippen MR) is 101 cm³/mol. The topological polar surface area (TPSA) is 72.9 Å². The molecule has 1 N–H and O–H groups in total. The average Bonchev–Trinajstić information content (AvgIpc) is 3.18. The number of hydrogen-bond donors (Lipinski definition) is 1. The summed E-state index contributed by atoms with van der Waals surface area (Å²) in [4.78, 5) is 0. The standard InChI is InChI=1S/C19H21N7/c1-13(20-18-9-10-19-22-21-15(3)25(19)24-18)11-17-12-14(2)23-26(17)16-7-5-4-6-8-16/h4-10,12-13H,11H2,1-3H3,(H,20,24)/t13-/m1/s1. The fourth-order valence-electron chi connectivity index (χ4n) is 3.08. The Hall–Kier alpha value is -3.22. The zero-order valence-electron chi connectivity index (χ0n) is 15.1. The first kappa shape index (κ1) is 16.3. The van der Waals surface area contributed by atoms with Crippen LogP contribution in [0.2, 0.25) is 0 Å². The quantitative estimate of drug-likeness (QED) is 0.601. The molecule has 1 aromatic carbocycles. The van der Waals surface area contributed by atoms with Crippen molar-refractivity contribution < 1.29 is 0 Å². The van der Waals surface area contributed by atoms with Crippen LogP contribution in [-0.2, 0) is 6.42 Å². The molecule has 0 bridgehead atoms. The van der Waals surface area contributed by atoms with Gasteiger partial charge in [0.1, 0.15) is 5.82 Å². The number of nitrogens with zero attached hydrogens (tertiary/aromatic N) is 6. The number of benzene rings is 1. The maximum atomic E-state index is 4.64. The van der Waals surface area contributed by atoms with Crippen molar-refractivity contribution in [1.82, 2.24) is 29.6 Å². The zero-order chi connectivity index (χ0) is 18.1. The Kier molecular flexibility index (Phi) is 4.12. The lowest BCUT2D eigenvalue weighted by Gasteiger charge is -2.15. The number of anilines is 1. The number of aromatic nitrogens is 6. The van der Waals surface area contributed by atoms with E-state index in [2.05, 4.69) is 50.8 Å². The molecule has 26 heavy (non-hydrogen) atoms. The van der Waals surface area contributed by atoms with E-state index in [1.165, 1.54) is 0 Å². The van der Waals surface area contributed by atoms with E-state index < -0.39 is 0 Å². The van der Waals surface area contributed by atoms with Crippen molar-refractivity contribution in [2.24, 2.45) is 0 Å². The molecule has 0 radical (unpaired) electrons. The van der Waals surface area contributed by atoms with Crippen molar-refractivity contribution in [3.63, 3.8) is 0 Å². The summed E-state index contributed by atoms with van der Waals surface area (Å²) < 4.78 is 3.75. The molecule has 3 aromatic heterocycles. The van der Waals surface area contributed by atoms with E-state index in [-0.39, 0.29) is 6.04 Å². The van der Waals surface area contributed by atoms with Crippen LogP contribution in [-0.4, -0.2) is 35.6 Å². The van der Waals surface area contributed by atoms with Gasteiger partial charge in [-0.05, 0) is 51.1 Å². The summed E-state index contributed by atoms with van der Waals surface area (Å²) in [6, 6.07) is 16.4. The van der Waals surface area contributed by atoms with E-state index in [0.29, 0.717) is 0 Å². The van der Waals surface area contributed by atoms with Gasteiger partial charge in [0.2, 0.25) is 0 Å². The van der Waals surface area contributed by atoms with Crippen LogP contribution in [0, 0.1) is 13.8 Å². The number of para-hydroxylation sites is 1. The van der Waals surface area contributed by atoms with E-state index in [1.807, 2.05) is 48.9 Å². The van der Waals surface area contributed by atoms with Gasteiger partial charge in [-0.3, -0.25) is 0 Å². The minimum absolute atomic E-state index is 0.190. The first-order valence-corrected chi connectivity index (χ1v) is 8.67. The molecule has 0 amide bonds. The smallest absolute Gasteiger partial charge is 0.178 e. The third-order valence-corrected chi connectivity index (χ3v) is 4.23. The molecule has 7 heteroatoms. The van der Waals surface area contributed by atoms with Gasteiger partial charge in [-0.25, -0.2) is 4.68 Å². The monoisotopic (exact) mass is 347 g/mol. The van der Waals surface area contributed by atoms with Gasteiger partial charge in [-0.15, -0.1) is 15.3 Å². The second-order valence-electron chi connectivity index (χ2n) is 6.51. The molecule has 0 fully saturated rings. The Bertz CT molecular complexity index is 1030. The molecule has 132 valence electrons. The summed E-state index contributed by atoms with van der Waals surface area (Å²) in [5, 5.41) is 20.8. The minimum atomic E-state index is 0.190. The third kappa shape index (κ3) is 3.15. The molecule has 4 rings (SSSR count). The Morgan fingerprint density at radius 1 is 1.00 bits per heavy atom. The van der Waals surface area contributed by atoms with E-state index in [1.54, 1.807) is 4.52 Å². The van der Waals surface area contributed by atoms with Gasteiger partial charge < -0.3 is 5.32 Å². The average molecular weight is 347 g/mol. The van der Waals surface area contributed by atoms with Crippen molar-refractivity contribution in [2.75, 3.05) is 5.32 Å². The van der Waals surface area contributed by atoms with Crippen LogP contribution in [0.25, 0.3) is 11.3 Å². The highest BCUT2D eigenvalue weighted by Gasteiger charge is 2.12. The lowest BCUT2D eigenvalue weighted by Crippen LogP contribution is -2.21. The van der Waals surface area contributed by atoms with Crippen LogP contribution in [0.5, 0.6) is 0 Å². The molecule has 0 spiro atoms. The molecule has 0 unspecified atom stereocenters. The summed E-state index contributed by atoms with van der Waals surface area (Å²) >= 11 is 0. The third-order valence-electron chi connectivity index (χ3n) is 4.23. The van der Waals surface area contributed by atoms with Gasteiger partial charge in [-0.1, -0.05) is 18.2 Å². The second-order valence-corrected chi connectivity index (χ2v) is 6.51. The Morgan fingerprint density at radius 3 is 2.62 bits per heavy atom. The van der Waals surface area contributed by atoms with Crippen molar-refractivity contribution in [3.05, 3.63) is 65.7 Å². The highest BCUT2D eigenvalue weighted by molar-refractivity contribution is 5.44. The van der Waals surface area contributed by atoms with E-state index in [9.17, 15) is 0 Å². The molecule has 7 nitrogen and oxygen atoms in total. The molecule has 3 heterocycles. The number of aryl methyl sites for hydroxylation is 2. The molecular formula is C19H21N7. The van der Waals surface area contributed by atoms with Crippen LogP contribution >= 0.6 is 0 Å². The molecule has 0 aliphatic rings. The van der Waals surface area contributed by atoms with E-state index >= 15 is 0 Å². The number of rotatable bonds is 5. The lowest BCUT2D eigenvalue weighted by atomic mass is 10.1. The van der Waals surface area contributed by atoms with Gasteiger partial charge in [0.05, 0.1) is 11.4 Å². The van der Waals surface area contributed by atoms with E-state index in [4.69, 9.17) is 0 Å². The zero-order valence-corrected chi connectivity index (χ0v) is 15.1. The van der Waals surface area contributed by atoms with Crippen LogP contribution in [0.1, 0.15) is 24.1 Å². The fraction of sp³-hybridized carbons (Fsp3) is 0.263. The molecule has 0 aliphatic carbocycles. The molecule has 0 saturated heterocycles. The first-order chi connectivity index (χ1) is 12.6. The number of hydrogen-bond acceptors (Lipinski definition) is 5. The summed E-state index contributed by atoms with van der Waals surface area (Å²) in [6.07, 6.45) is 0.830.